The quantitative estimate of drug-likeness (QED) is 0.859. The van der Waals surface area contributed by atoms with Crippen LogP contribution >= 0.6 is 28.1 Å². The van der Waals surface area contributed by atoms with Crippen molar-refractivity contribution in [1.29, 1.82) is 0 Å². The zero-order chi connectivity index (χ0) is 13.8. The van der Waals surface area contributed by atoms with Crippen LogP contribution in [0.4, 0.5) is 0 Å². The lowest BCUT2D eigenvalue weighted by Gasteiger charge is -2.11. The molecule has 2 aromatic carbocycles. The zero-order valence-corrected chi connectivity index (χ0v) is 12.6. The van der Waals surface area contributed by atoms with Crippen LogP contribution in [0.15, 0.2) is 46.9 Å². The van der Waals surface area contributed by atoms with Gasteiger partial charge in [0.05, 0.1) is 12.7 Å². The standard InChI is InChI=1S/C14H12BrNO2S/c1-17-10-3-5-11(6-4-10)18-13-7-2-9(15)8-12(13)14(16)19/h2-8H,1H3,(H2,16,19). The molecule has 0 aromatic heterocycles. The fraction of sp³-hybridized carbons (Fsp3) is 0.0714. The van der Waals surface area contributed by atoms with E-state index in [-0.39, 0.29) is 0 Å². The molecule has 0 amide bonds. The fourth-order valence-corrected chi connectivity index (χ4v) is 2.08. The van der Waals surface area contributed by atoms with Crippen LogP contribution in [0, 0.1) is 0 Å². The van der Waals surface area contributed by atoms with Crippen LogP contribution in [-0.4, -0.2) is 12.1 Å². The van der Waals surface area contributed by atoms with E-state index in [9.17, 15) is 0 Å². The maximum Gasteiger partial charge on any atom is 0.137 e. The Kier molecular flexibility index (Phi) is 4.39. The Morgan fingerprint density at radius 2 is 1.74 bits per heavy atom. The van der Waals surface area contributed by atoms with E-state index in [1.54, 1.807) is 7.11 Å². The summed E-state index contributed by atoms with van der Waals surface area (Å²) < 4.78 is 11.8. The van der Waals surface area contributed by atoms with Crippen molar-refractivity contribution in [3.8, 4) is 17.2 Å². The summed E-state index contributed by atoms with van der Waals surface area (Å²) in [7, 11) is 1.62. The van der Waals surface area contributed by atoms with E-state index < -0.39 is 0 Å². The molecule has 2 N–H and O–H groups in total. The normalized spacial score (nSPS) is 10.0. The Labute approximate surface area is 125 Å². The van der Waals surface area contributed by atoms with Crippen molar-refractivity contribution in [2.75, 3.05) is 7.11 Å². The number of hydrogen-bond acceptors (Lipinski definition) is 3. The van der Waals surface area contributed by atoms with Gasteiger partial charge in [-0.3, -0.25) is 0 Å². The molecule has 0 heterocycles. The van der Waals surface area contributed by atoms with E-state index in [0.717, 1.165) is 10.2 Å². The van der Waals surface area contributed by atoms with Crippen molar-refractivity contribution in [3.05, 3.63) is 52.5 Å². The Bertz CT molecular complexity index is 599. The maximum atomic E-state index is 5.78. The summed E-state index contributed by atoms with van der Waals surface area (Å²) in [5.74, 6) is 2.10. The van der Waals surface area contributed by atoms with Crippen molar-refractivity contribution >= 4 is 33.1 Å². The summed E-state index contributed by atoms with van der Waals surface area (Å²) in [6, 6.07) is 12.8. The summed E-state index contributed by atoms with van der Waals surface area (Å²) >= 11 is 8.40. The van der Waals surface area contributed by atoms with Gasteiger partial charge in [-0.25, -0.2) is 0 Å². The lowest BCUT2D eigenvalue weighted by molar-refractivity contribution is 0.413. The molecule has 2 rings (SSSR count). The highest BCUT2D eigenvalue weighted by atomic mass is 79.9. The van der Waals surface area contributed by atoms with Gasteiger partial charge in [-0.2, -0.15) is 0 Å². The van der Waals surface area contributed by atoms with Gasteiger partial charge in [0.15, 0.2) is 0 Å². The van der Waals surface area contributed by atoms with Crippen LogP contribution in [0.3, 0.4) is 0 Å². The molecule has 0 fully saturated rings. The van der Waals surface area contributed by atoms with E-state index in [0.29, 0.717) is 22.1 Å². The average molecular weight is 338 g/mol. The average Bonchev–Trinajstić information content (AvgIpc) is 2.41. The van der Waals surface area contributed by atoms with Crippen molar-refractivity contribution < 1.29 is 9.47 Å². The summed E-state index contributed by atoms with van der Waals surface area (Å²) in [5.41, 5.74) is 6.39. The van der Waals surface area contributed by atoms with Gasteiger partial charge in [0.25, 0.3) is 0 Å². The molecular weight excluding hydrogens is 326 g/mol. The van der Waals surface area contributed by atoms with Crippen LogP contribution in [0.1, 0.15) is 5.56 Å². The third-order valence-electron chi connectivity index (χ3n) is 2.49. The molecule has 5 heteroatoms. The minimum absolute atomic E-state index is 0.296. The Balaban J connectivity index is 2.29. The number of benzene rings is 2. The molecule has 19 heavy (non-hydrogen) atoms. The Morgan fingerprint density at radius 3 is 2.32 bits per heavy atom. The van der Waals surface area contributed by atoms with Crippen molar-refractivity contribution in [3.63, 3.8) is 0 Å². The third kappa shape index (κ3) is 3.45. The smallest absolute Gasteiger partial charge is 0.137 e. The topological polar surface area (TPSA) is 44.5 Å². The van der Waals surface area contributed by atoms with Gasteiger partial charge in [0.1, 0.15) is 22.2 Å². The van der Waals surface area contributed by atoms with Crippen LogP contribution < -0.4 is 15.2 Å². The van der Waals surface area contributed by atoms with E-state index in [1.165, 1.54) is 0 Å². The molecule has 0 unspecified atom stereocenters. The van der Waals surface area contributed by atoms with Crippen LogP contribution in [0.5, 0.6) is 17.2 Å². The van der Waals surface area contributed by atoms with E-state index in [1.807, 2.05) is 42.5 Å². The van der Waals surface area contributed by atoms with Crippen LogP contribution in [-0.2, 0) is 0 Å². The van der Waals surface area contributed by atoms with Crippen molar-refractivity contribution in [1.82, 2.24) is 0 Å². The predicted molar refractivity (Wildman–Crippen MR) is 83.1 cm³/mol. The highest BCUT2D eigenvalue weighted by Crippen LogP contribution is 2.29. The third-order valence-corrected chi connectivity index (χ3v) is 3.21. The minimum atomic E-state index is 0.296. The van der Waals surface area contributed by atoms with Gasteiger partial charge in [-0.1, -0.05) is 28.1 Å². The van der Waals surface area contributed by atoms with Gasteiger partial charge in [-0.05, 0) is 42.5 Å². The summed E-state index contributed by atoms with van der Waals surface area (Å²) in [4.78, 5) is 0.296. The second-order valence-electron chi connectivity index (χ2n) is 3.78. The van der Waals surface area contributed by atoms with Gasteiger partial charge in [-0.15, -0.1) is 0 Å². The monoisotopic (exact) mass is 337 g/mol. The molecule has 0 aliphatic heterocycles. The van der Waals surface area contributed by atoms with Gasteiger partial charge < -0.3 is 15.2 Å². The second kappa shape index (κ2) is 6.04. The lowest BCUT2D eigenvalue weighted by atomic mass is 10.2. The number of thiocarbonyl (C=S) groups is 1. The number of rotatable bonds is 4. The highest BCUT2D eigenvalue weighted by molar-refractivity contribution is 9.10. The van der Waals surface area contributed by atoms with Crippen LogP contribution in [0.2, 0.25) is 0 Å². The molecule has 3 nitrogen and oxygen atoms in total. The van der Waals surface area contributed by atoms with Crippen molar-refractivity contribution in [2.45, 2.75) is 0 Å². The zero-order valence-electron chi connectivity index (χ0n) is 10.2. The predicted octanol–water partition coefficient (Wildman–Crippen LogP) is 3.88. The van der Waals surface area contributed by atoms with Gasteiger partial charge >= 0.3 is 0 Å². The van der Waals surface area contributed by atoms with E-state index >= 15 is 0 Å². The fourth-order valence-electron chi connectivity index (χ4n) is 1.55. The number of hydrogen-bond donors (Lipinski definition) is 1. The first-order valence-electron chi connectivity index (χ1n) is 5.51. The number of ether oxygens (including phenoxy) is 2. The molecule has 0 saturated heterocycles. The first-order valence-corrected chi connectivity index (χ1v) is 6.71. The molecule has 0 radical (unpaired) electrons. The number of methoxy groups -OCH3 is 1. The molecule has 0 atom stereocenters. The number of halogens is 1. The second-order valence-corrected chi connectivity index (χ2v) is 5.14. The molecule has 0 saturated carbocycles. The number of nitrogens with two attached hydrogens (primary N) is 1. The van der Waals surface area contributed by atoms with Gasteiger partial charge in [0, 0.05) is 4.47 Å². The molecule has 0 aliphatic carbocycles. The molecule has 0 bridgehead atoms. The van der Waals surface area contributed by atoms with E-state index in [4.69, 9.17) is 27.4 Å². The molecule has 0 spiro atoms. The first-order chi connectivity index (χ1) is 9.10. The molecule has 98 valence electrons. The molecule has 2 aromatic rings. The largest absolute Gasteiger partial charge is 0.497 e. The van der Waals surface area contributed by atoms with Crippen LogP contribution in [0.25, 0.3) is 0 Å². The van der Waals surface area contributed by atoms with E-state index in [2.05, 4.69) is 15.9 Å². The summed E-state index contributed by atoms with van der Waals surface area (Å²) in [5, 5.41) is 0. The summed E-state index contributed by atoms with van der Waals surface area (Å²) in [6.07, 6.45) is 0. The summed E-state index contributed by atoms with van der Waals surface area (Å²) in [6.45, 7) is 0. The van der Waals surface area contributed by atoms with Crippen molar-refractivity contribution in [2.24, 2.45) is 5.73 Å². The van der Waals surface area contributed by atoms with Gasteiger partial charge in [0.2, 0.25) is 0 Å². The SMILES string of the molecule is COc1ccc(Oc2ccc(Br)cc2C(N)=S)cc1. The minimum Gasteiger partial charge on any atom is -0.497 e. The Hall–Kier alpha value is -1.59. The Morgan fingerprint density at radius 1 is 1.11 bits per heavy atom. The lowest BCUT2D eigenvalue weighted by Crippen LogP contribution is -2.10. The molecular formula is C14H12BrNO2S. The highest BCUT2D eigenvalue weighted by Gasteiger charge is 2.08. The maximum absolute atomic E-state index is 5.78. The molecule has 0 aliphatic rings. The first kappa shape index (κ1) is 13.8.